The zero-order valence-corrected chi connectivity index (χ0v) is 12.9. The number of aryl methyl sites for hydroxylation is 1. The summed E-state index contributed by atoms with van der Waals surface area (Å²) in [6.45, 7) is 1.87. The standard InChI is InChI=1S/C14H12Br2FN/c1-8-6-10(17)3-5-11(8)14(18)12-4-2-9(15)7-13(12)16/h2-7,14H,18H2,1H3. The minimum atomic E-state index is -0.270. The first kappa shape index (κ1) is 13.7. The summed E-state index contributed by atoms with van der Waals surface area (Å²) in [5.41, 5.74) is 9.02. The second-order valence-electron chi connectivity index (χ2n) is 4.14. The summed E-state index contributed by atoms with van der Waals surface area (Å²) in [4.78, 5) is 0. The van der Waals surface area contributed by atoms with Crippen molar-refractivity contribution < 1.29 is 4.39 Å². The van der Waals surface area contributed by atoms with E-state index in [0.29, 0.717) is 0 Å². The second-order valence-corrected chi connectivity index (χ2v) is 5.91. The third kappa shape index (κ3) is 2.82. The first-order valence-corrected chi connectivity index (χ1v) is 7.04. The maximum absolute atomic E-state index is 13.1. The highest BCUT2D eigenvalue weighted by Gasteiger charge is 2.14. The Labute approximate surface area is 122 Å². The van der Waals surface area contributed by atoms with Crippen molar-refractivity contribution in [2.24, 2.45) is 5.73 Å². The highest BCUT2D eigenvalue weighted by Crippen LogP contribution is 2.30. The molecule has 0 aliphatic carbocycles. The van der Waals surface area contributed by atoms with E-state index < -0.39 is 0 Å². The summed E-state index contributed by atoms with van der Waals surface area (Å²) in [6, 6.07) is 10.3. The van der Waals surface area contributed by atoms with Crippen LogP contribution in [0.3, 0.4) is 0 Å². The zero-order valence-electron chi connectivity index (χ0n) is 9.75. The summed E-state index contributed by atoms with van der Waals surface area (Å²) >= 11 is 6.91. The van der Waals surface area contributed by atoms with Gasteiger partial charge in [-0.15, -0.1) is 0 Å². The summed E-state index contributed by atoms with van der Waals surface area (Å²) in [7, 11) is 0. The van der Waals surface area contributed by atoms with E-state index in [1.165, 1.54) is 12.1 Å². The molecule has 4 heteroatoms. The van der Waals surface area contributed by atoms with Gasteiger partial charge in [-0.1, -0.05) is 44.0 Å². The Kier molecular flexibility index (Phi) is 4.20. The first-order chi connectivity index (χ1) is 8.49. The number of benzene rings is 2. The van der Waals surface area contributed by atoms with E-state index >= 15 is 0 Å². The minimum absolute atomic E-state index is 0.238. The van der Waals surface area contributed by atoms with Gasteiger partial charge in [0.1, 0.15) is 5.82 Å². The summed E-state index contributed by atoms with van der Waals surface area (Å²) in [5.74, 6) is -0.238. The Morgan fingerprint density at radius 1 is 1.06 bits per heavy atom. The molecule has 2 rings (SSSR count). The van der Waals surface area contributed by atoms with Crippen molar-refractivity contribution in [1.29, 1.82) is 0 Å². The molecule has 0 fully saturated rings. The molecule has 2 aromatic carbocycles. The third-order valence-corrected chi connectivity index (χ3v) is 4.04. The summed E-state index contributed by atoms with van der Waals surface area (Å²) in [5, 5.41) is 0. The van der Waals surface area contributed by atoms with Gasteiger partial charge in [-0.2, -0.15) is 0 Å². The van der Waals surface area contributed by atoms with Crippen molar-refractivity contribution in [2.75, 3.05) is 0 Å². The molecule has 0 heterocycles. The highest BCUT2D eigenvalue weighted by atomic mass is 79.9. The van der Waals surface area contributed by atoms with Crippen LogP contribution in [0.25, 0.3) is 0 Å². The van der Waals surface area contributed by atoms with Gasteiger partial charge in [0, 0.05) is 8.95 Å². The Balaban J connectivity index is 2.44. The fourth-order valence-electron chi connectivity index (χ4n) is 1.91. The molecule has 0 amide bonds. The van der Waals surface area contributed by atoms with Gasteiger partial charge in [0.15, 0.2) is 0 Å². The van der Waals surface area contributed by atoms with Crippen molar-refractivity contribution in [1.82, 2.24) is 0 Å². The smallest absolute Gasteiger partial charge is 0.123 e. The average molecular weight is 373 g/mol. The molecule has 94 valence electrons. The minimum Gasteiger partial charge on any atom is -0.320 e. The second kappa shape index (κ2) is 5.51. The lowest BCUT2D eigenvalue weighted by Crippen LogP contribution is -2.14. The molecule has 0 bridgehead atoms. The van der Waals surface area contributed by atoms with E-state index in [0.717, 1.165) is 25.6 Å². The molecule has 18 heavy (non-hydrogen) atoms. The summed E-state index contributed by atoms with van der Waals surface area (Å²) in [6.07, 6.45) is 0. The number of halogens is 3. The lowest BCUT2D eigenvalue weighted by Gasteiger charge is -2.17. The molecule has 2 aromatic rings. The van der Waals surface area contributed by atoms with E-state index in [-0.39, 0.29) is 11.9 Å². The van der Waals surface area contributed by atoms with Crippen molar-refractivity contribution in [3.8, 4) is 0 Å². The number of hydrogen-bond donors (Lipinski definition) is 1. The molecule has 1 unspecified atom stereocenters. The van der Waals surface area contributed by atoms with Crippen LogP contribution in [0.15, 0.2) is 45.3 Å². The van der Waals surface area contributed by atoms with Gasteiger partial charge < -0.3 is 5.73 Å². The average Bonchev–Trinajstić information content (AvgIpc) is 2.28. The topological polar surface area (TPSA) is 26.0 Å². The van der Waals surface area contributed by atoms with Gasteiger partial charge in [-0.25, -0.2) is 4.39 Å². The highest BCUT2D eigenvalue weighted by molar-refractivity contribution is 9.11. The molecular weight excluding hydrogens is 361 g/mol. The monoisotopic (exact) mass is 371 g/mol. The van der Waals surface area contributed by atoms with E-state index in [2.05, 4.69) is 31.9 Å². The molecule has 2 N–H and O–H groups in total. The van der Waals surface area contributed by atoms with E-state index in [1.54, 1.807) is 6.07 Å². The van der Waals surface area contributed by atoms with E-state index in [4.69, 9.17) is 5.73 Å². The van der Waals surface area contributed by atoms with Gasteiger partial charge in [0.2, 0.25) is 0 Å². The van der Waals surface area contributed by atoms with Crippen LogP contribution >= 0.6 is 31.9 Å². The SMILES string of the molecule is Cc1cc(F)ccc1C(N)c1ccc(Br)cc1Br. The van der Waals surface area contributed by atoms with Gasteiger partial charge in [-0.05, 0) is 47.9 Å². The largest absolute Gasteiger partial charge is 0.320 e. The van der Waals surface area contributed by atoms with Crippen LogP contribution in [0, 0.1) is 12.7 Å². The molecule has 1 atom stereocenters. The lowest BCUT2D eigenvalue weighted by atomic mass is 9.96. The molecule has 0 spiro atoms. The Morgan fingerprint density at radius 2 is 1.72 bits per heavy atom. The van der Waals surface area contributed by atoms with Crippen LogP contribution < -0.4 is 5.73 Å². The molecule has 0 radical (unpaired) electrons. The van der Waals surface area contributed by atoms with Gasteiger partial charge in [0.05, 0.1) is 6.04 Å². The predicted molar refractivity (Wildman–Crippen MR) is 79.0 cm³/mol. The van der Waals surface area contributed by atoms with Crippen molar-refractivity contribution in [2.45, 2.75) is 13.0 Å². The molecule has 0 aliphatic rings. The normalized spacial score (nSPS) is 12.5. The molecule has 0 saturated heterocycles. The van der Waals surface area contributed by atoms with Gasteiger partial charge in [0.25, 0.3) is 0 Å². The lowest BCUT2D eigenvalue weighted by molar-refractivity contribution is 0.624. The number of hydrogen-bond acceptors (Lipinski definition) is 1. The Bertz CT molecular complexity index is 533. The zero-order chi connectivity index (χ0) is 13.3. The summed E-state index contributed by atoms with van der Waals surface area (Å²) < 4.78 is 15.0. The first-order valence-electron chi connectivity index (χ1n) is 5.45. The quantitative estimate of drug-likeness (QED) is 0.811. The molecule has 0 aliphatic heterocycles. The van der Waals surface area contributed by atoms with Gasteiger partial charge >= 0.3 is 0 Å². The molecular formula is C14H12Br2FN. The molecule has 1 nitrogen and oxygen atoms in total. The maximum Gasteiger partial charge on any atom is 0.123 e. The Hall–Kier alpha value is -0.710. The number of nitrogens with two attached hydrogens (primary N) is 1. The van der Waals surface area contributed by atoms with Crippen molar-refractivity contribution in [3.63, 3.8) is 0 Å². The van der Waals surface area contributed by atoms with Crippen LogP contribution in [0.5, 0.6) is 0 Å². The molecule has 0 saturated carbocycles. The van der Waals surface area contributed by atoms with Crippen molar-refractivity contribution >= 4 is 31.9 Å². The third-order valence-electron chi connectivity index (χ3n) is 2.86. The molecule has 0 aromatic heterocycles. The number of rotatable bonds is 2. The Morgan fingerprint density at radius 3 is 2.33 bits per heavy atom. The predicted octanol–water partition coefficient (Wildman–Crippen LogP) is 4.71. The van der Waals surface area contributed by atoms with Crippen LogP contribution in [0.1, 0.15) is 22.7 Å². The van der Waals surface area contributed by atoms with E-state index in [1.807, 2.05) is 25.1 Å². The van der Waals surface area contributed by atoms with Crippen LogP contribution in [-0.2, 0) is 0 Å². The van der Waals surface area contributed by atoms with Crippen molar-refractivity contribution in [3.05, 3.63) is 67.9 Å². The van der Waals surface area contributed by atoms with Crippen LogP contribution in [-0.4, -0.2) is 0 Å². The maximum atomic E-state index is 13.1. The fraction of sp³-hybridized carbons (Fsp3) is 0.143. The fourth-order valence-corrected chi connectivity index (χ4v) is 3.20. The van der Waals surface area contributed by atoms with E-state index in [9.17, 15) is 4.39 Å². The van der Waals surface area contributed by atoms with Crippen LogP contribution in [0.2, 0.25) is 0 Å². The van der Waals surface area contributed by atoms with Crippen LogP contribution in [0.4, 0.5) is 4.39 Å². The van der Waals surface area contributed by atoms with Gasteiger partial charge in [-0.3, -0.25) is 0 Å².